The average molecular weight is 272 g/mol. The van der Waals surface area contributed by atoms with Crippen molar-refractivity contribution in [3.8, 4) is 0 Å². The van der Waals surface area contributed by atoms with Crippen molar-refractivity contribution in [1.82, 2.24) is 9.80 Å². The van der Waals surface area contributed by atoms with Gasteiger partial charge in [-0.3, -0.25) is 4.99 Å². The normalized spacial score (nSPS) is 14.6. The predicted molar refractivity (Wildman–Crippen MR) is 86.3 cm³/mol. The number of likely N-dealkylation sites (N-methyl/N-ethyl adjacent to an activating group) is 2. The first kappa shape index (κ1) is 14.8. The van der Waals surface area contributed by atoms with Crippen LogP contribution in [0, 0.1) is 0 Å². The molecule has 1 heterocycles. The van der Waals surface area contributed by atoms with Crippen molar-refractivity contribution < 1.29 is 0 Å². The van der Waals surface area contributed by atoms with E-state index in [2.05, 4.69) is 71.3 Å². The molecule has 0 aromatic heterocycles. The topological polar surface area (TPSA) is 22.1 Å². The van der Waals surface area contributed by atoms with Crippen molar-refractivity contribution in [2.45, 2.75) is 6.54 Å². The Morgan fingerprint density at radius 1 is 1.20 bits per heavy atom. The monoisotopic (exact) mass is 272 g/mol. The van der Waals surface area contributed by atoms with Crippen LogP contribution in [0.1, 0.15) is 5.56 Å². The van der Waals surface area contributed by atoms with E-state index in [1.54, 1.807) is 0 Å². The lowest BCUT2D eigenvalue weighted by Gasteiger charge is -2.22. The highest BCUT2D eigenvalue weighted by Gasteiger charge is 2.06. The number of anilines is 1. The summed E-state index contributed by atoms with van der Waals surface area (Å²) < 4.78 is 0. The lowest BCUT2D eigenvalue weighted by atomic mass is 10.2. The molecule has 1 aliphatic rings. The van der Waals surface area contributed by atoms with E-state index < -0.39 is 0 Å². The fourth-order valence-electron chi connectivity index (χ4n) is 2.15. The van der Waals surface area contributed by atoms with E-state index in [0.717, 1.165) is 19.6 Å². The molecule has 0 amide bonds. The molecule has 108 valence electrons. The zero-order chi connectivity index (χ0) is 14.4. The van der Waals surface area contributed by atoms with E-state index in [0.29, 0.717) is 6.67 Å². The van der Waals surface area contributed by atoms with Crippen LogP contribution in [0.4, 0.5) is 5.69 Å². The SMILES string of the molecule is CN(C)CCN(C)Cc1cccc(N2C=CC=NC2)c1. The van der Waals surface area contributed by atoms with E-state index in [9.17, 15) is 0 Å². The fourth-order valence-corrected chi connectivity index (χ4v) is 2.15. The second-order valence-electron chi connectivity index (χ2n) is 5.50. The molecule has 0 aliphatic carbocycles. The Balaban J connectivity index is 1.95. The predicted octanol–water partition coefficient (Wildman–Crippen LogP) is 2.04. The summed E-state index contributed by atoms with van der Waals surface area (Å²) in [5.41, 5.74) is 2.54. The van der Waals surface area contributed by atoms with Crippen LogP contribution in [0.5, 0.6) is 0 Å². The Bertz CT molecular complexity index is 479. The summed E-state index contributed by atoms with van der Waals surface area (Å²) in [5, 5.41) is 0. The number of nitrogens with zero attached hydrogens (tertiary/aromatic N) is 4. The molecule has 0 unspecified atom stereocenters. The molecular formula is C16H24N4. The highest BCUT2D eigenvalue weighted by Crippen LogP contribution is 2.18. The molecule has 0 fully saturated rings. The van der Waals surface area contributed by atoms with Gasteiger partial charge in [0.1, 0.15) is 6.67 Å². The van der Waals surface area contributed by atoms with Gasteiger partial charge in [-0.1, -0.05) is 12.1 Å². The van der Waals surface area contributed by atoms with Crippen molar-refractivity contribution in [3.63, 3.8) is 0 Å². The number of allylic oxidation sites excluding steroid dienone is 1. The van der Waals surface area contributed by atoms with Crippen LogP contribution < -0.4 is 4.90 Å². The molecular weight excluding hydrogens is 248 g/mol. The Labute approximate surface area is 122 Å². The van der Waals surface area contributed by atoms with Crippen LogP contribution in [0.2, 0.25) is 0 Å². The van der Waals surface area contributed by atoms with Gasteiger partial charge in [-0.25, -0.2) is 0 Å². The molecule has 0 spiro atoms. The smallest absolute Gasteiger partial charge is 0.114 e. The molecule has 20 heavy (non-hydrogen) atoms. The highest BCUT2D eigenvalue weighted by molar-refractivity contribution is 5.74. The Morgan fingerprint density at radius 3 is 2.75 bits per heavy atom. The van der Waals surface area contributed by atoms with Crippen LogP contribution in [0.25, 0.3) is 0 Å². The number of hydrogen-bond acceptors (Lipinski definition) is 4. The first-order valence-corrected chi connectivity index (χ1v) is 7.00. The van der Waals surface area contributed by atoms with Gasteiger partial charge < -0.3 is 14.7 Å². The van der Waals surface area contributed by atoms with Crippen molar-refractivity contribution in [2.24, 2.45) is 4.99 Å². The van der Waals surface area contributed by atoms with Crippen molar-refractivity contribution in [3.05, 3.63) is 42.1 Å². The lowest BCUT2D eigenvalue weighted by molar-refractivity contribution is 0.276. The van der Waals surface area contributed by atoms with Gasteiger partial charge in [0, 0.05) is 37.7 Å². The second-order valence-corrected chi connectivity index (χ2v) is 5.50. The van der Waals surface area contributed by atoms with Crippen LogP contribution in [0.3, 0.4) is 0 Å². The van der Waals surface area contributed by atoms with Crippen molar-refractivity contribution in [1.29, 1.82) is 0 Å². The average Bonchev–Trinajstić information content (AvgIpc) is 2.46. The summed E-state index contributed by atoms with van der Waals surface area (Å²) in [5.74, 6) is 0. The number of aliphatic imine (C=N–C) groups is 1. The number of benzene rings is 1. The number of rotatable bonds is 6. The molecule has 1 aromatic rings. The summed E-state index contributed by atoms with van der Waals surface area (Å²) in [6, 6.07) is 8.69. The van der Waals surface area contributed by atoms with Gasteiger partial charge in [0.05, 0.1) is 0 Å². The molecule has 0 radical (unpaired) electrons. The third-order valence-electron chi connectivity index (χ3n) is 3.32. The summed E-state index contributed by atoms with van der Waals surface area (Å²) >= 11 is 0. The fraction of sp³-hybridized carbons (Fsp3) is 0.438. The molecule has 1 aromatic carbocycles. The second kappa shape index (κ2) is 7.22. The third kappa shape index (κ3) is 4.47. The lowest BCUT2D eigenvalue weighted by Crippen LogP contribution is -2.28. The van der Waals surface area contributed by atoms with E-state index in [1.807, 2.05) is 12.3 Å². The summed E-state index contributed by atoms with van der Waals surface area (Å²) in [7, 11) is 6.39. The Morgan fingerprint density at radius 2 is 2.05 bits per heavy atom. The van der Waals surface area contributed by atoms with Crippen LogP contribution in [-0.4, -0.2) is 56.9 Å². The van der Waals surface area contributed by atoms with Gasteiger partial charge in [-0.05, 0) is 44.9 Å². The molecule has 2 rings (SSSR count). The molecule has 0 atom stereocenters. The third-order valence-corrected chi connectivity index (χ3v) is 3.32. The van der Waals surface area contributed by atoms with Crippen molar-refractivity contribution >= 4 is 11.9 Å². The van der Waals surface area contributed by atoms with Gasteiger partial charge >= 0.3 is 0 Å². The zero-order valence-corrected chi connectivity index (χ0v) is 12.7. The molecule has 0 bridgehead atoms. The molecule has 0 N–H and O–H groups in total. The molecule has 4 heteroatoms. The van der Waals surface area contributed by atoms with Gasteiger partial charge in [0.15, 0.2) is 0 Å². The largest absolute Gasteiger partial charge is 0.328 e. The van der Waals surface area contributed by atoms with Crippen molar-refractivity contribution in [2.75, 3.05) is 45.8 Å². The van der Waals surface area contributed by atoms with E-state index >= 15 is 0 Å². The maximum atomic E-state index is 4.27. The minimum Gasteiger partial charge on any atom is -0.328 e. The van der Waals surface area contributed by atoms with E-state index in [-0.39, 0.29) is 0 Å². The Kier molecular flexibility index (Phi) is 5.32. The first-order valence-electron chi connectivity index (χ1n) is 7.00. The maximum absolute atomic E-state index is 4.27. The van der Waals surface area contributed by atoms with E-state index in [4.69, 9.17) is 0 Å². The minimum absolute atomic E-state index is 0.705. The summed E-state index contributed by atoms with van der Waals surface area (Å²) in [4.78, 5) is 11.0. The van der Waals surface area contributed by atoms with Gasteiger partial charge in [-0.15, -0.1) is 0 Å². The maximum Gasteiger partial charge on any atom is 0.114 e. The van der Waals surface area contributed by atoms with Crippen LogP contribution >= 0.6 is 0 Å². The van der Waals surface area contributed by atoms with Gasteiger partial charge in [0.25, 0.3) is 0 Å². The van der Waals surface area contributed by atoms with Gasteiger partial charge in [0.2, 0.25) is 0 Å². The summed E-state index contributed by atoms with van der Waals surface area (Å²) in [6.07, 6.45) is 5.89. The first-order chi connectivity index (χ1) is 9.65. The Hall–Kier alpha value is -1.65. The highest BCUT2D eigenvalue weighted by atomic mass is 15.2. The van der Waals surface area contributed by atoms with E-state index in [1.165, 1.54) is 11.3 Å². The standard InChI is InChI=1S/C16H24N4/c1-18(2)10-11-19(3)13-15-6-4-7-16(12-15)20-9-5-8-17-14-20/h4-9,12H,10-11,13-14H2,1-3H3. The quantitative estimate of drug-likeness (QED) is 0.791. The number of hydrogen-bond donors (Lipinski definition) is 0. The molecule has 0 saturated heterocycles. The zero-order valence-electron chi connectivity index (χ0n) is 12.7. The molecule has 0 saturated carbocycles. The van der Waals surface area contributed by atoms with Crippen LogP contribution in [-0.2, 0) is 6.54 Å². The molecule has 1 aliphatic heterocycles. The van der Waals surface area contributed by atoms with Crippen LogP contribution in [0.15, 0.2) is 41.5 Å². The molecule has 4 nitrogen and oxygen atoms in total. The minimum atomic E-state index is 0.705. The van der Waals surface area contributed by atoms with Gasteiger partial charge in [-0.2, -0.15) is 0 Å². The summed E-state index contributed by atoms with van der Waals surface area (Å²) in [6.45, 7) is 3.84.